The third kappa shape index (κ3) is 5.16. The Morgan fingerprint density at radius 3 is 2.61 bits per heavy atom. The van der Waals surface area contributed by atoms with Crippen molar-refractivity contribution in [2.45, 2.75) is 6.54 Å². The van der Waals surface area contributed by atoms with E-state index in [2.05, 4.69) is 5.32 Å². The Kier molecular flexibility index (Phi) is 5.29. The first-order valence-corrected chi connectivity index (χ1v) is 6.50. The van der Waals surface area contributed by atoms with Gasteiger partial charge in [0.1, 0.15) is 5.76 Å². The van der Waals surface area contributed by atoms with Crippen molar-refractivity contribution in [2.75, 3.05) is 6.61 Å². The van der Waals surface area contributed by atoms with Crippen LogP contribution in [-0.4, -0.2) is 24.5 Å². The summed E-state index contributed by atoms with van der Waals surface area (Å²) >= 11 is 0. The van der Waals surface area contributed by atoms with Gasteiger partial charge < -0.3 is 19.7 Å². The van der Waals surface area contributed by atoms with Crippen LogP contribution in [0.1, 0.15) is 16.1 Å². The second-order valence-corrected chi connectivity index (χ2v) is 4.33. The first-order chi connectivity index (χ1) is 11.0. The Hall–Kier alpha value is -3.36. The molecule has 0 aliphatic carbocycles. The molecular weight excluding hydrogens is 306 g/mol. The number of ether oxygens (including phenoxy) is 1. The second-order valence-electron chi connectivity index (χ2n) is 4.33. The zero-order valence-electron chi connectivity index (χ0n) is 11.9. The van der Waals surface area contributed by atoms with Crippen LogP contribution in [0.15, 0.2) is 47.3 Å². The van der Waals surface area contributed by atoms with E-state index in [4.69, 9.17) is 9.15 Å². The summed E-state index contributed by atoms with van der Waals surface area (Å²) in [4.78, 5) is 34.5. The molecule has 23 heavy (non-hydrogen) atoms. The summed E-state index contributed by atoms with van der Waals surface area (Å²) in [6.07, 6.45) is 3.70. The van der Waals surface area contributed by atoms with Gasteiger partial charge in [-0.05, 0) is 12.1 Å². The quantitative estimate of drug-likeness (QED) is 0.457. The summed E-state index contributed by atoms with van der Waals surface area (Å²) in [5.74, 6) is -1.04. The van der Waals surface area contributed by atoms with Gasteiger partial charge in [-0.3, -0.25) is 10.1 Å². The van der Waals surface area contributed by atoms with E-state index in [9.17, 15) is 19.6 Å². The lowest BCUT2D eigenvalue weighted by atomic mass is 10.3. The van der Waals surface area contributed by atoms with Crippen LogP contribution in [0.2, 0.25) is 0 Å². The molecule has 2 aromatic rings. The largest absolute Gasteiger partial charge is 0.619 e. The Morgan fingerprint density at radius 2 is 1.96 bits per heavy atom. The Morgan fingerprint density at radius 1 is 1.22 bits per heavy atom. The van der Waals surface area contributed by atoms with Gasteiger partial charge in [0.15, 0.2) is 19.0 Å². The van der Waals surface area contributed by atoms with Gasteiger partial charge in [-0.15, -0.1) is 0 Å². The summed E-state index contributed by atoms with van der Waals surface area (Å²) in [7, 11) is 0. The highest BCUT2D eigenvalue weighted by molar-refractivity contribution is 5.96. The highest BCUT2D eigenvalue weighted by Gasteiger charge is 2.13. The van der Waals surface area contributed by atoms with Crippen molar-refractivity contribution in [1.82, 2.24) is 10.6 Å². The van der Waals surface area contributed by atoms with Crippen LogP contribution in [0.4, 0.5) is 4.79 Å². The molecule has 120 valence electrons. The summed E-state index contributed by atoms with van der Waals surface area (Å²) in [6.45, 7) is -0.510. The van der Waals surface area contributed by atoms with Crippen molar-refractivity contribution < 1.29 is 28.3 Å². The molecule has 2 aromatic heterocycles. The van der Waals surface area contributed by atoms with E-state index in [1.165, 1.54) is 18.4 Å². The molecule has 0 aromatic carbocycles. The number of pyridine rings is 1. The van der Waals surface area contributed by atoms with Gasteiger partial charge in [0.05, 0.1) is 18.4 Å². The minimum absolute atomic E-state index is 0.116. The average molecular weight is 319 g/mol. The zero-order valence-corrected chi connectivity index (χ0v) is 11.9. The van der Waals surface area contributed by atoms with Gasteiger partial charge >= 0.3 is 12.0 Å². The van der Waals surface area contributed by atoms with Crippen molar-refractivity contribution in [2.24, 2.45) is 0 Å². The molecule has 2 rings (SSSR count). The molecule has 2 heterocycles. The molecule has 0 saturated carbocycles. The molecular formula is C14H13N3O6. The highest BCUT2D eigenvalue weighted by Crippen LogP contribution is 1.99. The number of hydrogen-bond acceptors (Lipinski definition) is 6. The predicted octanol–water partition coefficient (Wildman–Crippen LogP) is 0.0958. The third-order valence-corrected chi connectivity index (χ3v) is 2.63. The number of nitrogens with one attached hydrogen (secondary N) is 2. The van der Waals surface area contributed by atoms with Gasteiger partial charge in [-0.2, -0.15) is 4.73 Å². The minimum atomic E-state index is -0.787. The Bertz CT molecular complexity index is 681. The summed E-state index contributed by atoms with van der Waals surface area (Å²) < 4.78 is 10.2. The third-order valence-electron chi connectivity index (χ3n) is 2.63. The fraction of sp³-hybridized carbons (Fsp3) is 0.143. The zero-order chi connectivity index (χ0) is 16.7. The molecule has 2 N–H and O–H groups in total. The maximum atomic E-state index is 11.6. The van der Waals surface area contributed by atoms with Crippen LogP contribution in [0.3, 0.4) is 0 Å². The Labute approximate surface area is 130 Å². The fourth-order valence-electron chi connectivity index (χ4n) is 1.55. The lowest BCUT2D eigenvalue weighted by Crippen LogP contribution is -2.41. The van der Waals surface area contributed by atoms with E-state index in [-0.39, 0.29) is 12.1 Å². The number of carbonyl (C=O) groups excluding carboxylic acids is 3. The number of rotatable bonds is 5. The Balaban J connectivity index is 1.70. The van der Waals surface area contributed by atoms with Crippen molar-refractivity contribution in [3.8, 4) is 0 Å². The first-order valence-electron chi connectivity index (χ1n) is 6.50. The maximum absolute atomic E-state index is 11.6. The summed E-state index contributed by atoms with van der Waals surface area (Å²) in [5, 5.41) is 15.2. The SMILES string of the molecule is O=C(COC(=O)c1cc[n+]([O-])cc1)NC(=O)NCc1ccco1. The van der Waals surface area contributed by atoms with Gasteiger partial charge in [-0.1, -0.05) is 0 Å². The van der Waals surface area contributed by atoms with Crippen LogP contribution < -0.4 is 15.4 Å². The standard InChI is InChI=1S/C14H13N3O6/c18-12(16-14(20)15-8-11-2-1-7-22-11)9-23-13(19)10-3-5-17(21)6-4-10/h1-7H,8-9H2,(H2,15,16,18,20). The predicted molar refractivity (Wildman–Crippen MR) is 74.8 cm³/mol. The van der Waals surface area contributed by atoms with Crippen molar-refractivity contribution in [3.05, 3.63) is 59.5 Å². The molecule has 0 spiro atoms. The van der Waals surface area contributed by atoms with Crippen LogP contribution in [0, 0.1) is 5.21 Å². The van der Waals surface area contributed by atoms with Crippen molar-refractivity contribution in [3.63, 3.8) is 0 Å². The molecule has 0 unspecified atom stereocenters. The van der Waals surface area contributed by atoms with E-state index in [1.54, 1.807) is 12.1 Å². The molecule has 0 bridgehead atoms. The van der Waals surface area contributed by atoms with Gasteiger partial charge in [-0.25, -0.2) is 9.59 Å². The van der Waals surface area contributed by atoms with Gasteiger partial charge in [0.2, 0.25) is 0 Å². The molecule has 0 fully saturated rings. The van der Waals surface area contributed by atoms with Crippen LogP contribution >= 0.6 is 0 Å². The number of aromatic nitrogens is 1. The lowest BCUT2D eigenvalue weighted by Gasteiger charge is -2.06. The van der Waals surface area contributed by atoms with Crippen LogP contribution in [0.25, 0.3) is 0 Å². The van der Waals surface area contributed by atoms with Crippen molar-refractivity contribution in [1.29, 1.82) is 0 Å². The minimum Gasteiger partial charge on any atom is -0.619 e. The van der Waals surface area contributed by atoms with E-state index in [1.807, 2.05) is 5.32 Å². The maximum Gasteiger partial charge on any atom is 0.339 e. The van der Waals surface area contributed by atoms with Gasteiger partial charge in [0.25, 0.3) is 5.91 Å². The molecule has 3 amide bonds. The second kappa shape index (κ2) is 7.59. The van der Waals surface area contributed by atoms with E-state index in [0.717, 1.165) is 12.4 Å². The lowest BCUT2D eigenvalue weighted by molar-refractivity contribution is -0.605. The first kappa shape index (κ1) is 16.0. The molecule has 0 aliphatic rings. The number of imide groups is 1. The molecule has 9 heteroatoms. The molecule has 0 atom stereocenters. The number of hydrogen-bond donors (Lipinski definition) is 2. The van der Waals surface area contributed by atoms with Crippen LogP contribution in [-0.2, 0) is 16.1 Å². The fourth-order valence-corrected chi connectivity index (χ4v) is 1.55. The van der Waals surface area contributed by atoms with E-state index < -0.39 is 24.5 Å². The summed E-state index contributed by atoms with van der Waals surface area (Å²) in [6, 6.07) is 5.09. The van der Waals surface area contributed by atoms with E-state index >= 15 is 0 Å². The number of esters is 1. The number of furan rings is 1. The smallest absolute Gasteiger partial charge is 0.339 e. The number of urea groups is 1. The number of carbonyl (C=O) groups is 3. The molecule has 0 saturated heterocycles. The van der Waals surface area contributed by atoms with E-state index in [0.29, 0.717) is 10.5 Å². The number of amides is 3. The van der Waals surface area contributed by atoms with Gasteiger partial charge in [0, 0.05) is 12.1 Å². The molecule has 0 radical (unpaired) electrons. The van der Waals surface area contributed by atoms with Crippen molar-refractivity contribution >= 4 is 17.9 Å². The molecule has 9 nitrogen and oxygen atoms in total. The van der Waals surface area contributed by atoms with Crippen LogP contribution in [0.5, 0.6) is 0 Å². The molecule has 0 aliphatic heterocycles. The summed E-state index contributed by atoms with van der Waals surface area (Å²) in [5.41, 5.74) is 0.118. The monoisotopic (exact) mass is 319 g/mol. The number of nitrogens with zero attached hydrogens (tertiary/aromatic N) is 1. The normalized spacial score (nSPS) is 9.91. The average Bonchev–Trinajstić information content (AvgIpc) is 3.05. The topological polar surface area (TPSA) is 125 Å². The highest BCUT2D eigenvalue weighted by atomic mass is 16.5.